The van der Waals surface area contributed by atoms with Crippen LogP contribution in [-0.2, 0) is 12.8 Å². The van der Waals surface area contributed by atoms with E-state index < -0.39 is 0 Å². The normalized spacial score (nSPS) is 11.1. The minimum absolute atomic E-state index is 0.756. The van der Waals surface area contributed by atoms with Gasteiger partial charge in [0, 0.05) is 18.3 Å². The molecule has 0 saturated heterocycles. The third kappa shape index (κ3) is 2.01. The van der Waals surface area contributed by atoms with Gasteiger partial charge in [0.05, 0.1) is 21.7 Å². The molecule has 0 radical (unpaired) electrons. The average molecular weight is 244 g/mol. The lowest BCUT2D eigenvalue weighted by molar-refractivity contribution is 0.917. The van der Waals surface area contributed by atoms with Crippen molar-refractivity contribution >= 4 is 27.2 Å². The van der Waals surface area contributed by atoms with Crippen LogP contribution >= 0.6 is 11.3 Å². The molecule has 0 atom stereocenters. The van der Waals surface area contributed by atoms with Gasteiger partial charge in [-0.1, -0.05) is 6.07 Å². The van der Waals surface area contributed by atoms with Gasteiger partial charge in [0.1, 0.15) is 5.52 Å². The minimum atomic E-state index is 0.756. The van der Waals surface area contributed by atoms with E-state index in [1.165, 1.54) is 0 Å². The Morgan fingerprint density at radius 1 is 1.29 bits per heavy atom. The Hall–Kier alpha value is -1.88. The number of hydrogen-bond donors (Lipinski definition) is 2. The van der Waals surface area contributed by atoms with E-state index in [1.807, 2.05) is 18.3 Å². The first-order valence-electron chi connectivity index (χ1n) is 5.44. The molecule has 3 aromatic rings. The first kappa shape index (κ1) is 10.3. The highest BCUT2D eigenvalue weighted by Crippen LogP contribution is 2.26. The number of nitrogen functional groups attached to an aromatic ring is 1. The van der Waals surface area contributed by atoms with Crippen molar-refractivity contribution in [3.05, 3.63) is 41.4 Å². The standard InChI is InChI=1S/C12H12N4S/c13-9-2-1-3-10-12(9)16-11(17-10)5-4-8-6-14-7-15-8/h1-3,6-7H,4-5,13H2,(H,14,15). The van der Waals surface area contributed by atoms with Crippen molar-refractivity contribution in [2.75, 3.05) is 5.73 Å². The van der Waals surface area contributed by atoms with Crippen LogP contribution < -0.4 is 5.73 Å². The third-order valence-electron chi connectivity index (χ3n) is 2.66. The molecule has 4 nitrogen and oxygen atoms in total. The Morgan fingerprint density at radius 3 is 3.00 bits per heavy atom. The second kappa shape index (κ2) is 4.18. The van der Waals surface area contributed by atoms with E-state index >= 15 is 0 Å². The van der Waals surface area contributed by atoms with Gasteiger partial charge < -0.3 is 10.7 Å². The van der Waals surface area contributed by atoms with Gasteiger partial charge in [-0.2, -0.15) is 0 Å². The zero-order valence-electron chi connectivity index (χ0n) is 9.18. The average Bonchev–Trinajstić information content (AvgIpc) is 2.95. The van der Waals surface area contributed by atoms with Gasteiger partial charge in [-0.3, -0.25) is 0 Å². The molecule has 0 aliphatic rings. The van der Waals surface area contributed by atoms with Crippen LogP contribution in [0.25, 0.3) is 10.2 Å². The monoisotopic (exact) mass is 244 g/mol. The molecule has 0 unspecified atom stereocenters. The molecule has 17 heavy (non-hydrogen) atoms. The van der Waals surface area contributed by atoms with Gasteiger partial charge in [-0.15, -0.1) is 11.3 Å². The van der Waals surface area contributed by atoms with E-state index in [4.69, 9.17) is 5.73 Å². The van der Waals surface area contributed by atoms with Crippen molar-refractivity contribution in [2.45, 2.75) is 12.8 Å². The summed E-state index contributed by atoms with van der Waals surface area (Å²) in [4.78, 5) is 11.7. The second-order valence-corrected chi connectivity index (χ2v) is 4.99. The number of nitrogens with one attached hydrogen (secondary N) is 1. The molecule has 5 heteroatoms. The third-order valence-corrected chi connectivity index (χ3v) is 3.74. The maximum Gasteiger partial charge on any atom is 0.104 e. The molecule has 0 bridgehead atoms. The van der Waals surface area contributed by atoms with Crippen molar-refractivity contribution in [1.82, 2.24) is 15.0 Å². The van der Waals surface area contributed by atoms with Gasteiger partial charge in [-0.05, 0) is 18.6 Å². The Balaban J connectivity index is 1.84. The van der Waals surface area contributed by atoms with E-state index in [9.17, 15) is 0 Å². The van der Waals surface area contributed by atoms with Crippen LogP contribution in [0, 0.1) is 0 Å². The molecule has 0 amide bonds. The highest BCUT2D eigenvalue weighted by molar-refractivity contribution is 7.18. The van der Waals surface area contributed by atoms with E-state index in [2.05, 4.69) is 21.0 Å². The number of nitrogens with zero attached hydrogens (tertiary/aromatic N) is 2. The summed E-state index contributed by atoms with van der Waals surface area (Å²) in [6, 6.07) is 5.91. The maximum absolute atomic E-state index is 5.89. The number of rotatable bonds is 3. The highest BCUT2D eigenvalue weighted by atomic mass is 32.1. The zero-order valence-corrected chi connectivity index (χ0v) is 10.00. The highest BCUT2D eigenvalue weighted by Gasteiger charge is 2.06. The van der Waals surface area contributed by atoms with Gasteiger partial charge >= 0.3 is 0 Å². The predicted octanol–water partition coefficient (Wildman–Crippen LogP) is 2.39. The smallest absolute Gasteiger partial charge is 0.104 e. The molecule has 0 fully saturated rings. The van der Waals surface area contributed by atoms with E-state index in [-0.39, 0.29) is 0 Å². The summed E-state index contributed by atoms with van der Waals surface area (Å²) in [5, 5.41) is 1.12. The van der Waals surface area contributed by atoms with Gasteiger partial charge in [0.15, 0.2) is 0 Å². The molecular weight excluding hydrogens is 232 g/mol. The van der Waals surface area contributed by atoms with Crippen LogP contribution in [0.1, 0.15) is 10.7 Å². The maximum atomic E-state index is 5.89. The van der Waals surface area contributed by atoms with Gasteiger partial charge in [0.2, 0.25) is 0 Å². The Bertz CT molecular complexity index is 627. The second-order valence-electron chi connectivity index (χ2n) is 3.88. The lowest BCUT2D eigenvalue weighted by atomic mass is 10.2. The first-order valence-corrected chi connectivity index (χ1v) is 6.26. The number of fused-ring (bicyclic) bond motifs is 1. The van der Waals surface area contributed by atoms with Crippen LogP contribution in [0.2, 0.25) is 0 Å². The lowest BCUT2D eigenvalue weighted by Crippen LogP contribution is -1.91. The summed E-state index contributed by atoms with van der Waals surface area (Å²) in [7, 11) is 0. The first-order chi connectivity index (χ1) is 8.33. The predicted molar refractivity (Wildman–Crippen MR) is 70.0 cm³/mol. The van der Waals surface area contributed by atoms with E-state index in [1.54, 1.807) is 17.7 Å². The number of imidazole rings is 1. The molecule has 1 aromatic carbocycles. The number of aromatic nitrogens is 3. The fourth-order valence-electron chi connectivity index (χ4n) is 1.79. The fourth-order valence-corrected chi connectivity index (χ4v) is 2.79. The number of para-hydroxylation sites is 1. The van der Waals surface area contributed by atoms with Crippen LogP contribution in [0.15, 0.2) is 30.7 Å². The van der Waals surface area contributed by atoms with E-state index in [0.29, 0.717) is 0 Å². The van der Waals surface area contributed by atoms with Gasteiger partial charge in [-0.25, -0.2) is 9.97 Å². The van der Waals surface area contributed by atoms with Crippen LogP contribution in [0.5, 0.6) is 0 Å². The number of aryl methyl sites for hydroxylation is 2. The minimum Gasteiger partial charge on any atom is -0.397 e. The summed E-state index contributed by atoms with van der Waals surface area (Å²) in [6.07, 6.45) is 5.40. The number of hydrogen-bond acceptors (Lipinski definition) is 4. The van der Waals surface area contributed by atoms with Crippen molar-refractivity contribution < 1.29 is 0 Å². The number of H-pyrrole nitrogens is 1. The Morgan fingerprint density at radius 2 is 2.24 bits per heavy atom. The molecule has 0 aliphatic carbocycles. The summed E-state index contributed by atoms with van der Waals surface area (Å²) in [6.45, 7) is 0. The Labute approximate surface area is 103 Å². The van der Waals surface area contributed by atoms with Crippen molar-refractivity contribution in [3.8, 4) is 0 Å². The molecule has 2 heterocycles. The molecule has 86 valence electrons. The van der Waals surface area contributed by atoms with Gasteiger partial charge in [0.25, 0.3) is 0 Å². The van der Waals surface area contributed by atoms with Crippen LogP contribution in [-0.4, -0.2) is 15.0 Å². The molecule has 3 rings (SSSR count). The van der Waals surface area contributed by atoms with Crippen LogP contribution in [0.4, 0.5) is 5.69 Å². The lowest BCUT2D eigenvalue weighted by Gasteiger charge is -1.93. The van der Waals surface area contributed by atoms with Crippen molar-refractivity contribution in [1.29, 1.82) is 0 Å². The van der Waals surface area contributed by atoms with Crippen molar-refractivity contribution in [3.63, 3.8) is 0 Å². The summed E-state index contributed by atoms with van der Waals surface area (Å²) >= 11 is 1.71. The van der Waals surface area contributed by atoms with Crippen LogP contribution in [0.3, 0.4) is 0 Å². The number of nitrogens with two attached hydrogens (primary N) is 1. The molecule has 0 saturated carbocycles. The molecule has 0 spiro atoms. The molecular formula is C12H12N4S. The quantitative estimate of drug-likeness (QED) is 0.695. The number of aromatic amines is 1. The number of benzene rings is 1. The summed E-state index contributed by atoms with van der Waals surface area (Å²) in [5.41, 5.74) is 8.71. The fraction of sp³-hybridized carbons (Fsp3) is 0.167. The largest absolute Gasteiger partial charge is 0.397 e. The molecule has 0 aliphatic heterocycles. The number of thiazole rings is 1. The Kier molecular flexibility index (Phi) is 2.53. The number of anilines is 1. The zero-order chi connectivity index (χ0) is 11.7. The summed E-state index contributed by atoms with van der Waals surface area (Å²) in [5.74, 6) is 0. The topological polar surface area (TPSA) is 67.6 Å². The molecule has 3 N–H and O–H groups in total. The van der Waals surface area contributed by atoms with E-state index in [0.717, 1.165) is 39.4 Å². The SMILES string of the molecule is Nc1cccc2sc(CCc3cnc[nH]3)nc12. The summed E-state index contributed by atoms with van der Waals surface area (Å²) < 4.78 is 1.16. The van der Waals surface area contributed by atoms with Crippen molar-refractivity contribution in [2.24, 2.45) is 0 Å². The molecule has 2 aromatic heterocycles.